The van der Waals surface area contributed by atoms with E-state index in [9.17, 15) is 14.4 Å². The van der Waals surface area contributed by atoms with E-state index in [1.165, 1.54) is 11.2 Å². The first-order chi connectivity index (χ1) is 13.0. The van der Waals surface area contributed by atoms with Gasteiger partial charge in [0, 0.05) is 12.2 Å². The Hall–Kier alpha value is -3.09. The van der Waals surface area contributed by atoms with Crippen molar-refractivity contribution in [2.75, 3.05) is 18.4 Å². The maximum Gasteiger partial charge on any atom is 0.290 e. The Morgan fingerprint density at radius 2 is 1.89 bits per heavy atom. The standard InChI is InChI=1S/C20H23N3O4/c1-13-6-3-7-14(2)18(13)22-17(24)12-21-19(25)15-8-4-10-23(15)20(26)16-9-5-11-27-16/h3,5-7,9,11,15H,4,8,10,12H2,1-2H3,(H,21,25)(H,22,24). The average Bonchev–Trinajstić information content (AvgIpc) is 3.34. The quantitative estimate of drug-likeness (QED) is 0.846. The third-order valence-corrected chi connectivity index (χ3v) is 4.72. The molecule has 0 spiro atoms. The summed E-state index contributed by atoms with van der Waals surface area (Å²) in [4.78, 5) is 38.7. The van der Waals surface area contributed by atoms with Gasteiger partial charge in [-0.2, -0.15) is 0 Å². The first kappa shape index (κ1) is 18.7. The van der Waals surface area contributed by atoms with Gasteiger partial charge >= 0.3 is 0 Å². The molecule has 0 aliphatic carbocycles. The van der Waals surface area contributed by atoms with Crippen molar-refractivity contribution in [3.05, 3.63) is 53.5 Å². The van der Waals surface area contributed by atoms with Gasteiger partial charge in [0.25, 0.3) is 5.91 Å². The molecule has 2 N–H and O–H groups in total. The summed E-state index contributed by atoms with van der Waals surface area (Å²) < 4.78 is 5.14. The van der Waals surface area contributed by atoms with E-state index < -0.39 is 6.04 Å². The molecule has 1 aromatic heterocycles. The van der Waals surface area contributed by atoms with Gasteiger partial charge in [-0.3, -0.25) is 14.4 Å². The van der Waals surface area contributed by atoms with Crippen LogP contribution in [0, 0.1) is 13.8 Å². The van der Waals surface area contributed by atoms with E-state index >= 15 is 0 Å². The number of rotatable bonds is 5. The van der Waals surface area contributed by atoms with E-state index in [4.69, 9.17) is 4.42 Å². The van der Waals surface area contributed by atoms with Crippen molar-refractivity contribution in [2.24, 2.45) is 0 Å². The van der Waals surface area contributed by atoms with Gasteiger partial charge in [0.1, 0.15) is 6.04 Å². The average molecular weight is 369 g/mol. The zero-order valence-corrected chi connectivity index (χ0v) is 15.5. The predicted octanol–water partition coefficient (Wildman–Crippen LogP) is 2.26. The van der Waals surface area contributed by atoms with Crippen LogP contribution in [0.5, 0.6) is 0 Å². The third kappa shape index (κ3) is 4.19. The highest BCUT2D eigenvalue weighted by atomic mass is 16.3. The summed E-state index contributed by atoms with van der Waals surface area (Å²) in [5.74, 6) is -0.730. The smallest absolute Gasteiger partial charge is 0.290 e. The number of amides is 3. The van der Waals surface area contributed by atoms with Crippen LogP contribution in [0.25, 0.3) is 0 Å². The normalized spacial score (nSPS) is 16.2. The Bertz CT molecular complexity index is 825. The van der Waals surface area contributed by atoms with E-state index in [-0.39, 0.29) is 30.0 Å². The molecule has 0 radical (unpaired) electrons. The van der Waals surface area contributed by atoms with Gasteiger partial charge in [0.05, 0.1) is 12.8 Å². The summed E-state index contributed by atoms with van der Waals surface area (Å²) in [5, 5.41) is 5.47. The second-order valence-corrected chi connectivity index (χ2v) is 6.67. The van der Waals surface area contributed by atoms with Crippen LogP contribution in [0.3, 0.4) is 0 Å². The number of anilines is 1. The SMILES string of the molecule is Cc1cccc(C)c1NC(=O)CNC(=O)C1CCCN1C(=O)c1ccco1. The molecule has 142 valence electrons. The van der Waals surface area contributed by atoms with Crippen LogP contribution in [0.2, 0.25) is 0 Å². The van der Waals surface area contributed by atoms with Crippen molar-refractivity contribution in [2.45, 2.75) is 32.7 Å². The Morgan fingerprint density at radius 3 is 2.56 bits per heavy atom. The molecule has 7 heteroatoms. The fourth-order valence-electron chi connectivity index (χ4n) is 3.30. The number of para-hydroxylation sites is 1. The molecular weight excluding hydrogens is 346 g/mol. The van der Waals surface area contributed by atoms with Gasteiger partial charge in [-0.1, -0.05) is 18.2 Å². The highest BCUT2D eigenvalue weighted by Crippen LogP contribution is 2.21. The summed E-state index contributed by atoms with van der Waals surface area (Å²) in [6.07, 6.45) is 2.73. The summed E-state index contributed by atoms with van der Waals surface area (Å²) in [6.45, 7) is 4.17. The molecule has 2 aromatic rings. The summed E-state index contributed by atoms with van der Waals surface area (Å²) in [5.41, 5.74) is 2.67. The second-order valence-electron chi connectivity index (χ2n) is 6.67. The van der Waals surface area contributed by atoms with Crippen molar-refractivity contribution < 1.29 is 18.8 Å². The number of nitrogens with one attached hydrogen (secondary N) is 2. The molecule has 2 heterocycles. The lowest BCUT2D eigenvalue weighted by Crippen LogP contribution is -2.47. The molecular formula is C20H23N3O4. The lowest BCUT2D eigenvalue weighted by molar-refractivity contribution is -0.127. The Morgan fingerprint density at radius 1 is 1.15 bits per heavy atom. The fourth-order valence-corrected chi connectivity index (χ4v) is 3.30. The minimum Gasteiger partial charge on any atom is -0.459 e. The highest BCUT2D eigenvalue weighted by molar-refractivity contribution is 5.98. The molecule has 0 bridgehead atoms. The van der Waals surface area contributed by atoms with Crippen molar-refractivity contribution >= 4 is 23.4 Å². The van der Waals surface area contributed by atoms with Crippen molar-refractivity contribution in [1.82, 2.24) is 10.2 Å². The van der Waals surface area contributed by atoms with Crippen molar-refractivity contribution in [3.8, 4) is 0 Å². The second kappa shape index (κ2) is 8.07. The number of furan rings is 1. The number of nitrogens with zero attached hydrogens (tertiary/aromatic N) is 1. The van der Waals surface area contributed by atoms with Crippen molar-refractivity contribution in [1.29, 1.82) is 0 Å². The van der Waals surface area contributed by atoms with Crippen LogP contribution in [0.15, 0.2) is 41.0 Å². The number of benzene rings is 1. The molecule has 1 aliphatic rings. The van der Waals surface area contributed by atoms with Crippen LogP contribution in [0.1, 0.15) is 34.5 Å². The minimum atomic E-state index is -0.587. The maximum atomic E-state index is 12.5. The largest absolute Gasteiger partial charge is 0.459 e. The van der Waals surface area contributed by atoms with Crippen molar-refractivity contribution in [3.63, 3.8) is 0 Å². The van der Waals surface area contributed by atoms with Crippen LogP contribution in [0.4, 0.5) is 5.69 Å². The number of carbonyl (C=O) groups excluding carboxylic acids is 3. The molecule has 0 saturated carbocycles. The summed E-state index contributed by atoms with van der Waals surface area (Å²) in [7, 11) is 0. The Balaban J connectivity index is 1.57. The van der Waals surface area contributed by atoms with Crippen LogP contribution >= 0.6 is 0 Å². The van der Waals surface area contributed by atoms with E-state index in [1.54, 1.807) is 12.1 Å². The molecule has 1 saturated heterocycles. The van der Waals surface area contributed by atoms with E-state index in [0.717, 1.165) is 23.2 Å². The predicted molar refractivity (Wildman–Crippen MR) is 100 cm³/mol. The first-order valence-electron chi connectivity index (χ1n) is 8.95. The van der Waals surface area contributed by atoms with Gasteiger partial charge in [0.15, 0.2) is 5.76 Å². The monoisotopic (exact) mass is 369 g/mol. The topological polar surface area (TPSA) is 91.7 Å². The zero-order valence-electron chi connectivity index (χ0n) is 15.5. The summed E-state index contributed by atoms with van der Waals surface area (Å²) in [6, 6.07) is 8.38. The van der Waals surface area contributed by atoms with E-state index in [2.05, 4.69) is 10.6 Å². The molecule has 3 rings (SSSR count). The molecule has 1 atom stereocenters. The van der Waals surface area contributed by atoms with Gasteiger partial charge in [-0.05, 0) is 49.9 Å². The lowest BCUT2D eigenvalue weighted by Gasteiger charge is -2.23. The molecule has 27 heavy (non-hydrogen) atoms. The number of aryl methyl sites for hydroxylation is 2. The lowest BCUT2D eigenvalue weighted by atomic mass is 10.1. The molecule has 1 aromatic carbocycles. The number of likely N-dealkylation sites (tertiary alicyclic amines) is 1. The van der Waals surface area contributed by atoms with E-state index in [1.807, 2.05) is 32.0 Å². The third-order valence-electron chi connectivity index (χ3n) is 4.72. The fraction of sp³-hybridized carbons (Fsp3) is 0.350. The molecule has 1 aliphatic heterocycles. The van der Waals surface area contributed by atoms with Crippen LogP contribution < -0.4 is 10.6 Å². The summed E-state index contributed by atoms with van der Waals surface area (Å²) >= 11 is 0. The number of carbonyl (C=O) groups is 3. The Labute approximate surface area is 157 Å². The maximum absolute atomic E-state index is 12.5. The zero-order chi connectivity index (χ0) is 19.4. The minimum absolute atomic E-state index is 0.147. The van der Waals surface area contributed by atoms with E-state index in [0.29, 0.717) is 13.0 Å². The van der Waals surface area contributed by atoms with Gasteiger partial charge in [-0.15, -0.1) is 0 Å². The molecule has 7 nitrogen and oxygen atoms in total. The Kier molecular flexibility index (Phi) is 5.59. The van der Waals surface area contributed by atoms with Gasteiger partial charge < -0.3 is 20.0 Å². The highest BCUT2D eigenvalue weighted by Gasteiger charge is 2.35. The number of hydrogen-bond acceptors (Lipinski definition) is 4. The van der Waals surface area contributed by atoms with Crippen LogP contribution in [-0.4, -0.2) is 41.8 Å². The molecule has 3 amide bonds. The van der Waals surface area contributed by atoms with Gasteiger partial charge in [-0.25, -0.2) is 0 Å². The van der Waals surface area contributed by atoms with Gasteiger partial charge in [0.2, 0.25) is 11.8 Å². The number of hydrogen-bond donors (Lipinski definition) is 2. The molecule has 1 unspecified atom stereocenters. The first-order valence-corrected chi connectivity index (χ1v) is 8.95. The molecule has 1 fully saturated rings. The van der Waals surface area contributed by atoms with Crippen LogP contribution in [-0.2, 0) is 9.59 Å².